The van der Waals surface area contributed by atoms with E-state index in [-0.39, 0.29) is 17.7 Å². The van der Waals surface area contributed by atoms with E-state index >= 15 is 0 Å². The van der Waals surface area contributed by atoms with Gasteiger partial charge in [0.2, 0.25) is 0 Å². The van der Waals surface area contributed by atoms with E-state index in [0.29, 0.717) is 31.4 Å². The Bertz CT molecular complexity index is 1520. The van der Waals surface area contributed by atoms with E-state index in [9.17, 15) is 9.90 Å². The largest absolute Gasteiger partial charge is 0.534 e. The van der Waals surface area contributed by atoms with Crippen LogP contribution in [0.25, 0.3) is 0 Å². The molecular formula is C39H50N4O4Si. The smallest absolute Gasteiger partial charge is 0.319 e. The molecule has 1 aliphatic rings. The number of urea groups is 1. The summed E-state index contributed by atoms with van der Waals surface area (Å²) in [5, 5.41) is 19.8. The molecule has 4 aromatic carbocycles. The first-order valence-electron chi connectivity index (χ1n) is 17.0. The summed E-state index contributed by atoms with van der Waals surface area (Å²) < 4.78 is 13.0. The number of benzene rings is 4. The first kappa shape index (κ1) is 35.0. The van der Waals surface area contributed by atoms with Crippen molar-refractivity contribution < 1.29 is 19.1 Å². The Morgan fingerprint density at radius 2 is 1.44 bits per heavy atom. The molecule has 1 fully saturated rings. The topological polar surface area (TPSA) is 109 Å². The van der Waals surface area contributed by atoms with Crippen molar-refractivity contribution >= 4 is 30.4 Å². The molecule has 1 saturated heterocycles. The molecule has 0 aromatic heterocycles. The fraction of sp³-hybridized carbons (Fsp3) is 0.359. The van der Waals surface area contributed by atoms with Gasteiger partial charge in [0.1, 0.15) is 24.2 Å². The summed E-state index contributed by atoms with van der Waals surface area (Å²) in [7, 11) is -2.71. The van der Waals surface area contributed by atoms with Gasteiger partial charge in [0.05, 0.1) is 0 Å². The summed E-state index contributed by atoms with van der Waals surface area (Å²) in [5.74, 6) is 1.49. The Hall–Kier alpha value is -4.31. The lowest BCUT2D eigenvalue weighted by Crippen LogP contribution is -2.68. The van der Waals surface area contributed by atoms with Gasteiger partial charge >= 0.3 is 14.3 Å². The maximum Gasteiger partial charge on any atom is 0.319 e. The van der Waals surface area contributed by atoms with Gasteiger partial charge in [0.15, 0.2) is 0 Å². The Labute approximate surface area is 286 Å². The summed E-state index contributed by atoms with van der Waals surface area (Å²) in [4.78, 5) is 13.0. The number of hydrogen-bond donors (Lipinski definition) is 4. The van der Waals surface area contributed by atoms with Crippen molar-refractivity contribution in [3.05, 3.63) is 115 Å². The quantitative estimate of drug-likeness (QED) is 0.110. The molecule has 1 aliphatic heterocycles. The molecule has 5 N–H and O–H groups in total. The Kier molecular flexibility index (Phi) is 11.8. The lowest BCUT2D eigenvalue weighted by Gasteiger charge is -2.43. The number of amides is 2. The van der Waals surface area contributed by atoms with E-state index in [2.05, 4.69) is 104 Å². The number of nitrogens with one attached hydrogen (secondary N) is 2. The second-order valence-electron chi connectivity index (χ2n) is 13.6. The molecule has 0 spiro atoms. The van der Waals surface area contributed by atoms with E-state index in [0.717, 1.165) is 37.2 Å². The monoisotopic (exact) mass is 666 g/mol. The van der Waals surface area contributed by atoms with E-state index in [1.807, 2.05) is 36.4 Å². The second-order valence-corrected chi connectivity index (χ2v) is 17.8. The predicted octanol–water partition coefficient (Wildman–Crippen LogP) is 5.15. The normalized spacial score (nSPS) is 14.7. The third kappa shape index (κ3) is 8.98. The van der Waals surface area contributed by atoms with Crippen molar-refractivity contribution in [2.24, 2.45) is 5.73 Å². The molecule has 2 amide bonds. The SMILES string of the molecule is CC(C)(C)[Si](Oc1ccc(OC[C@@H](O)CNCCc2ccc(NC3CCN(C(N)=O)CC3)cc2)cc1)(c1ccccc1)c1ccccc1. The lowest BCUT2D eigenvalue weighted by molar-refractivity contribution is 0.106. The number of rotatable bonds is 14. The number of carbonyl (C=O) groups excluding carboxylic acids is 1. The van der Waals surface area contributed by atoms with Crippen molar-refractivity contribution in [2.45, 2.75) is 57.2 Å². The zero-order chi connectivity index (χ0) is 34.0. The molecule has 5 rings (SSSR count). The van der Waals surface area contributed by atoms with Gasteiger partial charge in [0.25, 0.3) is 0 Å². The summed E-state index contributed by atoms with van der Waals surface area (Å²) in [6.07, 6.45) is 2.01. The van der Waals surface area contributed by atoms with Gasteiger partial charge in [-0.3, -0.25) is 0 Å². The number of nitrogens with zero attached hydrogens (tertiary/aromatic N) is 1. The lowest BCUT2D eigenvalue weighted by atomic mass is 10.0. The number of primary amides is 1. The van der Waals surface area contributed by atoms with Crippen LogP contribution < -0.4 is 35.9 Å². The third-order valence-corrected chi connectivity index (χ3v) is 14.0. The number of ether oxygens (including phenoxy) is 1. The first-order valence-corrected chi connectivity index (χ1v) is 18.9. The molecule has 0 bridgehead atoms. The van der Waals surface area contributed by atoms with Gasteiger partial charge in [0, 0.05) is 31.4 Å². The standard InChI is InChI=1S/C39H50N4O4Si/c1-39(2,3)48(36-10-6-4-7-11-36,37-12-8-5-9-13-37)47-35-20-18-34(19-21-35)46-29-33(44)28-41-25-22-30-14-16-31(17-15-30)42-32-23-26-43(27-24-32)38(40)45/h4-21,32-33,41-42,44H,22-29H2,1-3H3,(H2,40,45)/t33-/m0/s1. The maximum absolute atomic E-state index is 11.3. The highest BCUT2D eigenvalue weighted by Crippen LogP contribution is 2.37. The van der Waals surface area contributed by atoms with Crippen LogP contribution in [0.4, 0.5) is 10.5 Å². The van der Waals surface area contributed by atoms with Crippen LogP contribution in [-0.2, 0) is 6.42 Å². The van der Waals surface area contributed by atoms with Crippen molar-refractivity contribution in [1.29, 1.82) is 0 Å². The number of aliphatic hydroxyl groups is 1. The van der Waals surface area contributed by atoms with Crippen LogP contribution in [-0.4, -0.2) is 69.3 Å². The van der Waals surface area contributed by atoms with Crippen LogP contribution in [0.3, 0.4) is 0 Å². The molecular weight excluding hydrogens is 617 g/mol. The van der Waals surface area contributed by atoms with Crippen LogP contribution in [0.15, 0.2) is 109 Å². The van der Waals surface area contributed by atoms with Crippen LogP contribution in [0.1, 0.15) is 39.2 Å². The fourth-order valence-electron chi connectivity index (χ4n) is 6.43. The zero-order valence-electron chi connectivity index (χ0n) is 28.4. The molecule has 48 heavy (non-hydrogen) atoms. The molecule has 8 nitrogen and oxygen atoms in total. The summed E-state index contributed by atoms with van der Waals surface area (Å²) in [5.41, 5.74) is 7.69. The fourth-order valence-corrected chi connectivity index (χ4v) is 10.9. The minimum absolute atomic E-state index is 0.129. The van der Waals surface area contributed by atoms with Gasteiger partial charge in [-0.25, -0.2) is 4.79 Å². The summed E-state index contributed by atoms with van der Waals surface area (Å²) in [6.45, 7) is 9.57. The minimum Gasteiger partial charge on any atom is -0.534 e. The Balaban J connectivity index is 1.07. The number of likely N-dealkylation sites (tertiary alicyclic amines) is 1. The maximum atomic E-state index is 11.3. The van der Waals surface area contributed by atoms with Crippen molar-refractivity contribution in [3.63, 3.8) is 0 Å². The minimum atomic E-state index is -2.71. The van der Waals surface area contributed by atoms with Gasteiger partial charge in [-0.15, -0.1) is 0 Å². The van der Waals surface area contributed by atoms with Crippen LogP contribution in [0.5, 0.6) is 11.5 Å². The molecule has 0 unspecified atom stereocenters. The van der Waals surface area contributed by atoms with Crippen LogP contribution in [0.2, 0.25) is 5.04 Å². The Morgan fingerprint density at radius 1 is 0.875 bits per heavy atom. The molecule has 0 radical (unpaired) electrons. The number of piperidine rings is 1. The zero-order valence-corrected chi connectivity index (χ0v) is 29.4. The van der Waals surface area contributed by atoms with Crippen molar-refractivity contribution in [2.75, 3.05) is 38.1 Å². The van der Waals surface area contributed by atoms with Crippen LogP contribution >= 0.6 is 0 Å². The molecule has 1 atom stereocenters. The van der Waals surface area contributed by atoms with Crippen molar-refractivity contribution in [3.8, 4) is 11.5 Å². The van der Waals surface area contributed by atoms with Gasteiger partial charge < -0.3 is 35.5 Å². The van der Waals surface area contributed by atoms with Crippen LogP contribution in [0, 0.1) is 0 Å². The van der Waals surface area contributed by atoms with Gasteiger partial charge in [-0.1, -0.05) is 93.6 Å². The van der Waals surface area contributed by atoms with E-state index < -0.39 is 14.4 Å². The van der Waals surface area contributed by atoms with Crippen molar-refractivity contribution in [1.82, 2.24) is 10.2 Å². The second kappa shape index (κ2) is 16.2. The van der Waals surface area contributed by atoms with Gasteiger partial charge in [-0.2, -0.15) is 0 Å². The van der Waals surface area contributed by atoms with Gasteiger partial charge in [-0.05, 0) is 83.2 Å². The summed E-state index contributed by atoms with van der Waals surface area (Å²) in [6, 6.07) is 37.4. The molecule has 0 saturated carbocycles. The third-order valence-electron chi connectivity index (χ3n) is 9.06. The highest BCUT2D eigenvalue weighted by atomic mass is 28.4. The molecule has 0 aliphatic carbocycles. The predicted molar refractivity (Wildman–Crippen MR) is 197 cm³/mol. The number of anilines is 1. The average Bonchev–Trinajstić information content (AvgIpc) is 3.10. The molecule has 254 valence electrons. The van der Waals surface area contributed by atoms with E-state index in [1.165, 1.54) is 15.9 Å². The number of nitrogens with two attached hydrogens (primary N) is 1. The number of carbonyl (C=O) groups is 1. The van der Waals surface area contributed by atoms with E-state index in [1.54, 1.807) is 4.90 Å². The molecule has 1 heterocycles. The average molecular weight is 667 g/mol. The molecule has 4 aromatic rings. The highest BCUT2D eigenvalue weighted by molar-refractivity contribution is 7.00. The van der Waals surface area contributed by atoms with E-state index in [4.69, 9.17) is 14.9 Å². The highest BCUT2D eigenvalue weighted by Gasteiger charge is 2.52. The Morgan fingerprint density at radius 3 is 1.98 bits per heavy atom. The number of hydrogen-bond acceptors (Lipinski definition) is 6. The molecule has 9 heteroatoms. The first-order chi connectivity index (χ1) is 23.1. The number of aliphatic hydroxyl groups excluding tert-OH is 1. The summed E-state index contributed by atoms with van der Waals surface area (Å²) >= 11 is 0.